The molecule has 2 saturated heterocycles. The molecule has 0 radical (unpaired) electrons. The predicted octanol–water partition coefficient (Wildman–Crippen LogP) is 3.67. The Morgan fingerprint density at radius 2 is 1.64 bits per heavy atom. The lowest BCUT2D eigenvalue weighted by atomic mass is 10.2. The van der Waals surface area contributed by atoms with Gasteiger partial charge in [-0.2, -0.15) is 10.2 Å². The third-order valence-electron chi connectivity index (χ3n) is 8.85. The molecule has 7 rings (SSSR count). The number of ether oxygens (including phenoxy) is 3. The Kier molecular flexibility index (Phi) is 8.72. The summed E-state index contributed by atoms with van der Waals surface area (Å²) in [5.74, 6) is -0.312. The van der Waals surface area contributed by atoms with E-state index in [9.17, 15) is 4.79 Å². The van der Waals surface area contributed by atoms with Gasteiger partial charge in [0.1, 0.15) is 37.0 Å². The van der Waals surface area contributed by atoms with Gasteiger partial charge in [-0.3, -0.25) is 14.6 Å². The Morgan fingerprint density at radius 1 is 0.936 bits per heavy atom. The van der Waals surface area contributed by atoms with Crippen LogP contribution in [0.15, 0.2) is 96.7 Å². The summed E-state index contributed by atoms with van der Waals surface area (Å²) in [5, 5.41) is 8.62. The molecule has 5 aromatic rings. The Labute approximate surface area is 272 Å². The largest absolute Gasteiger partial charge is 0.491 e. The number of hydrogen-bond donors (Lipinski definition) is 0. The van der Waals surface area contributed by atoms with Crippen molar-refractivity contribution in [3.05, 3.63) is 108 Å². The summed E-state index contributed by atoms with van der Waals surface area (Å²) in [6.07, 6.45) is 10.7. The molecule has 47 heavy (non-hydrogen) atoms. The van der Waals surface area contributed by atoms with Crippen LogP contribution in [-0.4, -0.2) is 79.6 Å². The summed E-state index contributed by atoms with van der Waals surface area (Å²) >= 11 is 0. The molecule has 0 N–H and O–H groups in total. The lowest BCUT2D eigenvalue weighted by Crippen LogP contribution is -2.46. The van der Waals surface area contributed by atoms with Gasteiger partial charge in [-0.25, -0.2) is 14.0 Å². The second-order valence-electron chi connectivity index (χ2n) is 11.9. The zero-order valence-corrected chi connectivity index (χ0v) is 26.6. The average Bonchev–Trinajstić information content (AvgIpc) is 3.89. The molecule has 2 aliphatic heterocycles. The van der Waals surface area contributed by atoms with Crippen LogP contribution in [0.4, 0.5) is 11.4 Å². The molecule has 13 nitrogen and oxygen atoms in total. The Bertz CT molecular complexity index is 1780. The molecule has 3 atom stereocenters. The Hall–Kier alpha value is -5.01. The van der Waals surface area contributed by atoms with Crippen molar-refractivity contribution in [3.8, 4) is 11.4 Å². The summed E-state index contributed by atoms with van der Waals surface area (Å²) in [5.41, 5.74) is 3.61. The minimum Gasteiger partial charge on any atom is -0.491 e. The monoisotopic (exact) mass is 637 g/mol. The lowest BCUT2D eigenvalue weighted by Gasteiger charge is -2.37. The second kappa shape index (κ2) is 13.4. The molecule has 5 heterocycles. The first kappa shape index (κ1) is 30.6. The summed E-state index contributed by atoms with van der Waals surface area (Å²) in [6, 6.07) is 18.3. The highest BCUT2D eigenvalue weighted by atomic mass is 16.8. The van der Waals surface area contributed by atoms with E-state index in [2.05, 4.69) is 61.2 Å². The van der Waals surface area contributed by atoms with Crippen molar-refractivity contribution in [2.45, 2.75) is 44.7 Å². The van der Waals surface area contributed by atoms with Crippen LogP contribution in [0, 0.1) is 0 Å². The van der Waals surface area contributed by atoms with Gasteiger partial charge in [0.15, 0.2) is 0 Å². The van der Waals surface area contributed by atoms with Crippen molar-refractivity contribution in [2.75, 3.05) is 49.2 Å². The molecule has 244 valence electrons. The van der Waals surface area contributed by atoms with Crippen LogP contribution < -0.4 is 20.2 Å². The fraction of sp³-hybridized carbons (Fsp3) is 0.382. The topological polar surface area (TPSA) is 118 Å². The lowest BCUT2D eigenvalue weighted by molar-refractivity contribution is -0.193. The van der Waals surface area contributed by atoms with Gasteiger partial charge in [-0.1, -0.05) is 6.92 Å². The third-order valence-corrected chi connectivity index (χ3v) is 8.85. The fourth-order valence-corrected chi connectivity index (χ4v) is 6.01. The van der Waals surface area contributed by atoms with Crippen molar-refractivity contribution < 1.29 is 14.2 Å². The minimum atomic E-state index is -1.08. The van der Waals surface area contributed by atoms with E-state index < -0.39 is 5.79 Å². The number of benzene rings is 2. The maximum absolute atomic E-state index is 12.8. The van der Waals surface area contributed by atoms with E-state index in [-0.39, 0.29) is 17.8 Å². The van der Waals surface area contributed by atoms with Crippen LogP contribution in [0.25, 0.3) is 5.69 Å². The van der Waals surface area contributed by atoms with E-state index in [1.165, 1.54) is 0 Å². The standard InChI is InChI=1S/C34H39N9O4/c1-3-26(2)43-33(44)42(25-38-43)29-7-5-27(6-8-29)39-17-19-40(20-18-39)28-9-11-30(12-10-28)45-22-31-23-46-34(47-31,24-41-16-4-13-37-41)32-21-35-14-15-36-32/h4-16,21,25-26,31H,3,17-20,22-24H2,1-2H3. The highest BCUT2D eigenvalue weighted by Crippen LogP contribution is 2.35. The summed E-state index contributed by atoms with van der Waals surface area (Å²) in [6.45, 7) is 8.71. The molecule has 0 spiro atoms. The molecule has 0 saturated carbocycles. The van der Waals surface area contributed by atoms with Crippen molar-refractivity contribution >= 4 is 11.4 Å². The van der Waals surface area contributed by atoms with E-state index in [1.54, 1.807) is 45.0 Å². The van der Waals surface area contributed by atoms with Crippen LogP contribution in [0.3, 0.4) is 0 Å². The molecule has 3 aromatic heterocycles. The van der Waals surface area contributed by atoms with Crippen molar-refractivity contribution in [2.24, 2.45) is 0 Å². The molecule has 2 fully saturated rings. The molecule has 0 bridgehead atoms. The van der Waals surface area contributed by atoms with Crippen LogP contribution in [0.1, 0.15) is 32.0 Å². The molecule has 3 unspecified atom stereocenters. The smallest absolute Gasteiger partial charge is 0.350 e. The van der Waals surface area contributed by atoms with E-state index in [4.69, 9.17) is 14.2 Å². The van der Waals surface area contributed by atoms with Crippen LogP contribution in [0.5, 0.6) is 5.75 Å². The van der Waals surface area contributed by atoms with Gasteiger partial charge < -0.3 is 24.0 Å². The SMILES string of the molecule is CCC(C)n1ncn(-c2ccc(N3CCN(c4ccc(OCC5COC(Cn6cccn6)(c6cnccn6)O5)cc4)CC3)cc2)c1=O. The van der Waals surface area contributed by atoms with Gasteiger partial charge in [-0.15, -0.1) is 0 Å². The van der Waals surface area contributed by atoms with Gasteiger partial charge in [-0.05, 0) is 67.9 Å². The number of piperazine rings is 1. The van der Waals surface area contributed by atoms with Crippen molar-refractivity contribution in [1.82, 2.24) is 34.1 Å². The molecular formula is C34H39N9O4. The van der Waals surface area contributed by atoms with Crippen LogP contribution in [-0.2, 0) is 21.8 Å². The average molecular weight is 638 g/mol. The molecule has 0 amide bonds. The summed E-state index contributed by atoms with van der Waals surface area (Å²) < 4.78 is 23.6. The molecule has 2 aliphatic rings. The van der Waals surface area contributed by atoms with Gasteiger partial charge in [0.05, 0.1) is 24.5 Å². The van der Waals surface area contributed by atoms with Crippen LogP contribution in [0.2, 0.25) is 0 Å². The zero-order valence-electron chi connectivity index (χ0n) is 26.6. The van der Waals surface area contributed by atoms with E-state index in [0.717, 1.165) is 55.4 Å². The maximum Gasteiger partial charge on any atom is 0.350 e. The summed E-state index contributed by atoms with van der Waals surface area (Å²) in [7, 11) is 0. The quantitative estimate of drug-likeness (QED) is 0.212. The first-order valence-electron chi connectivity index (χ1n) is 16.1. The summed E-state index contributed by atoms with van der Waals surface area (Å²) in [4.78, 5) is 26.2. The first-order valence-corrected chi connectivity index (χ1v) is 16.1. The molecule has 13 heteroatoms. The van der Waals surface area contributed by atoms with Crippen molar-refractivity contribution in [3.63, 3.8) is 0 Å². The Morgan fingerprint density at radius 3 is 2.28 bits per heavy atom. The van der Waals surface area contributed by atoms with Gasteiger partial charge in [0.25, 0.3) is 0 Å². The number of anilines is 2. The molecule has 0 aliphatic carbocycles. The number of aromatic nitrogens is 7. The normalized spacial score (nSPS) is 20.4. The number of hydrogen-bond acceptors (Lipinski definition) is 10. The Balaban J connectivity index is 0.913. The van der Waals surface area contributed by atoms with Gasteiger partial charge in [0, 0.05) is 62.3 Å². The first-order chi connectivity index (χ1) is 23.0. The van der Waals surface area contributed by atoms with E-state index >= 15 is 0 Å². The fourth-order valence-electron chi connectivity index (χ4n) is 6.01. The van der Waals surface area contributed by atoms with Crippen molar-refractivity contribution in [1.29, 1.82) is 0 Å². The predicted molar refractivity (Wildman–Crippen MR) is 176 cm³/mol. The van der Waals surface area contributed by atoms with Gasteiger partial charge in [0.2, 0.25) is 5.79 Å². The molecular weight excluding hydrogens is 598 g/mol. The van der Waals surface area contributed by atoms with Gasteiger partial charge >= 0.3 is 5.69 Å². The zero-order chi connectivity index (χ0) is 32.2. The third kappa shape index (κ3) is 6.49. The highest BCUT2D eigenvalue weighted by Gasteiger charge is 2.45. The van der Waals surface area contributed by atoms with Crippen LogP contribution >= 0.6 is 0 Å². The second-order valence-corrected chi connectivity index (χ2v) is 11.9. The van der Waals surface area contributed by atoms with E-state index in [0.29, 0.717) is 25.5 Å². The highest BCUT2D eigenvalue weighted by molar-refractivity contribution is 5.54. The van der Waals surface area contributed by atoms with E-state index in [1.807, 2.05) is 43.5 Å². The maximum atomic E-state index is 12.8. The number of nitrogens with zero attached hydrogens (tertiary/aromatic N) is 9. The molecule has 2 aromatic carbocycles. The minimum absolute atomic E-state index is 0.0702. The number of rotatable bonds is 11.